The van der Waals surface area contributed by atoms with Gasteiger partial charge in [-0.15, -0.1) is 0 Å². The van der Waals surface area contributed by atoms with Gasteiger partial charge in [0.2, 0.25) is 0 Å². The molecule has 0 fully saturated rings. The summed E-state index contributed by atoms with van der Waals surface area (Å²) < 4.78 is 4.57. The van der Waals surface area contributed by atoms with E-state index >= 15 is 0 Å². The van der Waals surface area contributed by atoms with E-state index in [4.69, 9.17) is 5.73 Å². The Morgan fingerprint density at radius 3 is 2.47 bits per heavy atom. The van der Waals surface area contributed by atoms with Crippen LogP contribution in [0.5, 0.6) is 0 Å². The van der Waals surface area contributed by atoms with Gasteiger partial charge in [0.25, 0.3) is 0 Å². The highest BCUT2D eigenvalue weighted by atomic mass is 16.5. The van der Waals surface area contributed by atoms with Gasteiger partial charge in [-0.3, -0.25) is 4.79 Å². The molecule has 2 N–H and O–H groups in total. The zero-order valence-corrected chi connectivity index (χ0v) is 9.19. The van der Waals surface area contributed by atoms with E-state index in [1.54, 1.807) is 0 Å². The maximum absolute atomic E-state index is 11.0. The maximum Gasteiger partial charge on any atom is 0.307 e. The zero-order valence-electron chi connectivity index (χ0n) is 9.19. The molecule has 0 heterocycles. The van der Waals surface area contributed by atoms with Crippen LogP contribution in [0.1, 0.15) is 30.5 Å². The van der Waals surface area contributed by atoms with Crippen LogP contribution in [0.25, 0.3) is 0 Å². The minimum atomic E-state index is -0.276. The Hall–Kier alpha value is -1.35. The lowest BCUT2D eigenvalue weighted by atomic mass is 10.0. The van der Waals surface area contributed by atoms with E-state index in [2.05, 4.69) is 11.7 Å². The van der Waals surface area contributed by atoms with Gasteiger partial charge in [-0.2, -0.15) is 0 Å². The summed E-state index contributed by atoms with van der Waals surface area (Å²) in [6, 6.07) is 7.72. The van der Waals surface area contributed by atoms with Crippen molar-refractivity contribution in [2.75, 3.05) is 7.11 Å². The number of hydrogen-bond donors (Lipinski definition) is 1. The van der Waals surface area contributed by atoms with Crippen molar-refractivity contribution < 1.29 is 9.53 Å². The highest BCUT2D eigenvalue weighted by molar-refractivity contribution is 5.70. The van der Waals surface area contributed by atoms with Crippen molar-refractivity contribution in [3.8, 4) is 0 Å². The zero-order chi connectivity index (χ0) is 11.3. The van der Waals surface area contributed by atoms with E-state index < -0.39 is 0 Å². The topological polar surface area (TPSA) is 52.3 Å². The van der Waals surface area contributed by atoms with E-state index in [9.17, 15) is 4.79 Å². The van der Waals surface area contributed by atoms with E-state index in [1.165, 1.54) is 12.7 Å². The third-order valence-corrected chi connectivity index (χ3v) is 2.43. The van der Waals surface area contributed by atoms with E-state index in [-0.39, 0.29) is 18.4 Å². The predicted molar refractivity (Wildman–Crippen MR) is 59.4 cm³/mol. The van der Waals surface area contributed by atoms with Crippen molar-refractivity contribution in [3.63, 3.8) is 0 Å². The summed E-state index contributed by atoms with van der Waals surface area (Å²) in [5.41, 5.74) is 8.10. The quantitative estimate of drug-likeness (QED) is 0.766. The number of methoxy groups -OCH3 is 1. The van der Waals surface area contributed by atoms with Crippen molar-refractivity contribution in [3.05, 3.63) is 35.4 Å². The van der Waals surface area contributed by atoms with Gasteiger partial charge in [-0.05, 0) is 17.5 Å². The summed E-state index contributed by atoms with van der Waals surface area (Å²) in [6.45, 7) is 2.10. The molecule has 3 heteroatoms. The van der Waals surface area contributed by atoms with Crippen LogP contribution in [0.4, 0.5) is 0 Å². The highest BCUT2D eigenvalue weighted by Crippen LogP contribution is 2.15. The normalized spacial score (nSPS) is 12.2. The van der Waals surface area contributed by atoms with Crippen LogP contribution in [0.15, 0.2) is 24.3 Å². The van der Waals surface area contributed by atoms with Crippen LogP contribution in [0.3, 0.4) is 0 Å². The van der Waals surface area contributed by atoms with Gasteiger partial charge in [0.05, 0.1) is 13.5 Å². The Morgan fingerprint density at radius 2 is 2.00 bits per heavy atom. The standard InChI is InChI=1S/C12H17NO2/c1-3-9-4-6-10(7-5-9)11(13)8-12(14)15-2/h4-7,11H,3,8,13H2,1-2H3/t11-/m1/s1. The summed E-state index contributed by atoms with van der Waals surface area (Å²) in [7, 11) is 1.37. The predicted octanol–water partition coefficient (Wildman–Crippen LogP) is 1.81. The molecule has 0 amide bonds. The monoisotopic (exact) mass is 207 g/mol. The van der Waals surface area contributed by atoms with Crippen LogP contribution in [0, 0.1) is 0 Å². The first kappa shape index (κ1) is 11.7. The third kappa shape index (κ3) is 3.36. The van der Waals surface area contributed by atoms with Gasteiger partial charge in [0, 0.05) is 6.04 Å². The molecule has 0 aliphatic heterocycles. The Labute approximate surface area is 90.2 Å². The average molecular weight is 207 g/mol. The number of carbonyl (C=O) groups excluding carboxylic acids is 1. The molecular formula is C12H17NO2. The van der Waals surface area contributed by atoms with Gasteiger partial charge < -0.3 is 10.5 Å². The summed E-state index contributed by atoms with van der Waals surface area (Å²) >= 11 is 0. The Balaban J connectivity index is 2.65. The van der Waals surface area contributed by atoms with E-state index in [1.807, 2.05) is 24.3 Å². The minimum absolute atomic E-state index is 0.224. The molecule has 15 heavy (non-hydrogen) atoms. The second kappa shape index (κ2) is 5.51. The molecular weight excluding hydrogens is 190 g/mol. The molecule has 1 atom stereocenters. The van der Waals surface area contributed by atoms with Crippen molar-refractivity contribution in [2.45, 2.75) is 25.8 Å². The molecule has 82 valence electrons. The lowest BCUT2D eigenvalue weighted by Gasteiger charge is -2.10. The molecule has 1 aromatic carbocycles. The van der Waals surface area contributed by atoms with Gasteiger partial charge in [-0.25, -0.2) is 0 Å². The van der Waals surface area contributed by atoms with E-state index in [0.717, 1.165) is 12.0 Å². The van der Waals surface area contributed by atoms with Crippen molar-refractivity contribution in [2.24, 2.45) is 5.73 Å². The maximum atomic E-state index is 11.0. The van der Waals surface area contributed by atoms with Gasteiger partial charge >= 0.3 is 5.97 Å². The number of carbonyl (C=O) groups is 1. The molecule has 0 saturated heterocycles. The van der Waals surface area contributed by atoms with Gasteiger partial charge in [0.15, 0.2) is 0 Å². The van der Waals surface area contributed by atoms with Crippen molar-refractivity contribution in [1.82, 2.24) is 0 Å². The Kier molecular flexibility index (Phi) is 4.31. The van der Waals surface area contributed by atoms with Gasteiger partial charge in [0.1, 0.15) is 0 Å². The SMILES string of the molecule is CCc1ccc([C@H](N)CC(=O)OC)cc1. The minimum Gasteiger partial charge on any atom is -0.469 e. The van der Waals surface area contributed by atoms with Gasteiger partial charge in [-0.1, -0.05) is 31.2 Å². The number of benzene rings is 1. The van der Waals surface area contributed by atoms with Crippen molar-refractivity contribution in [1.29, 1.82) is 0 Å². The molecule has 1 aromatic rings. The Bertz CT molecular complexity index is 319. The molecule has 0 bridgehead atoms. The fourth-order valence-corrected chi connectivity index (χ4v) is 1.38. The molecule has 0 saturated carbocycles. The number of hydrogen-bond acceptors (Lipinski definition) is 3. The number of esters is 1. The molecule has 1 rings (SSSR count). The van der Waals surface area contributed by atoms with Crippen molar-refractivity contribution >= 4 is 5.97 Å². The molecule has 0 aromatic heterocycles. The number of aryl methyl sites for hydroxylation is 1. The van der Waals surface area contributed by atoms with Crippen LogP contribution in [0.2, 0.25) is 0 Å². The van der Waals surface area contributed by atoms with Crippen LogP contribution < -0.4 is 5.73 Å². The average Bonchev–Trinajstić information content (AvgIpc) is 2.29. The molecule has 0 aliphatic carbocycles. The third-order valence-electron chi connectivity index (χ3n) is 2.43. The van der Waals surface area contributed by atoms with E-state index in [0.29, 0.717) is 0 Å². The highest BCUT2D eigenvalue weighted by Gasteiger charge is 2.11. The molecule has 0 aliphatic rings. The Morgan fingerprint density at radius 1 is 1.40 bits per heavy atom. The lowest BCUT2D eigenvalue weighted by Crippen LogP contribution is -2.16. The first-order valence-electron chi connectivity index (χ1n) is 5.08. The fourth-order valence-electron chi connectivity index (χ4n) is 1.38. The number of nitrogens with two attached hydrogens (primary N) is 1. The summed E-state index contributed by atoms with van der Waals surface area (Å²) in [6.07, 6.45) is 1.23. The molecule has 0 spiro atoms. The fraction of sp³-hybridized carbons (Fsp3) is 0.417. The smallest absolute Gasteiger partial charge is 0.307 e. The van der Waals surface area contributed by atoms with Crippen LogP contribution in [-0.4, -0.2) is 13.1 Å². The first-order valence-corrected chi connectivity index (χ1v) is 5.08. The lowest BCUT2D eigenvalue weighted by molar-refractivity contribution is -0.141. The largest absolute Gasteiger partial charge is 0.469 e. The molecule has 0 radical (unpaired) electrons. The molecule has 3 nitrogen and oxygen atoms in total. The number of ether oxygens (including phenoxy) is 1. The second-order valence-electron chi connectivity index (χ2n) is 3.48. The molecule has 0 unspecified atom stereocenters. The summed E-state index contributed by atoms with van der Waals surface area (Å²) in [5, 5.41) is 0. The van der Waals surface area contributed by atoms with Crippen LogP contribution in [-0.2, 0) is 16.0 Å². The first-order chi connectivity index (χ1) is 7.17. The summed E-state index contributed by atoms with van der Waals surface area (Å²) in [5.74, 6) is -0.276. The number of rotatable bonds is 4. The summed E-state index contributed by atoms with van der Waals surface area (Å²) in [4.78, 5) is 11.0. The second-order valence-corrected chi connectivity index (χ2v) is 3.48. The van der Waals surface area contributed by atoms with Crippen LogP contribution >= 0.6 is 0 Å².